The lowest BCUT2D eigenvalue weighted by molar-refractivity contribution is -0.120. The molecular weight excluding hydrogens is 474 g/mol. The molecule has 1 spiro atoms. The van der Waals surface area contributed by atoms with Gasteiger partial charge in [0.2, 0.25) is 5.91 Å². The van der Waals surface area contributed by atoms with Gasteiger partial charge in [-0.1, -0.05) is 49.4 Å². The van der Waals surface area contributed by atoms with Crippen molar-refractivity contribution in [3.05, 3.63) is 94.0 Å². The molecule has 2 N–H and O–H groups in total. The maximum absolute atomic E-state index is 14.3. The van der Waals surface area contributed by atoms with Crippen LogP contribution in [0.3, 0.4) is 0 Å². The molecule has 1 unspecified atom stereocenters. The zero-order valence-electron chi connectivity index (χ0n) is 21.0. The fourth-order valence-corrected chi connectivity index (χ4v) is 5.72. The van der Waals surface area contributed by atoms with Crippen LogP contribution < -0.4 is 10.6 Å². The fourth-order valence-electron chi connectivity index (χ4n) is 5.72. The minimum Gasteiger partial charge on any atom is -0.450 e. The van der Waals surface area contributed by atoms with Gasteiger partial charge >= 0.3 is 5.97 Å². The number of amides is 1. The second-order valence-corrected chi connectivity index (χ2v) is 9.78. The van der Waals surface area contributed by atoms with Gasteiger partial charge in [0.1, 0.15) is 5.60 Å². The molecule has 2 aliphatic heterocycles. The molecule has 2 heterocycles. The highest BCUT2D eigenvalue weighted by Gasteiger charge is 2.53. The number of rotatable bonds is 6. The minimum absolute atomic E-state index is 0.0319. The summed E-state index contributed by atoms with van der Waals surface area (Å²) in [5.41, 5.74) is 4.77. The van der Waals surface area contributed by atoms with Crippen molar-refractivity contribution in [1.29, 1.82) is 0 Å². The third kappa shape index (κ3) is 4.53. The number of hydrogen-bond donors (Lipinski definition) is 2. The number of halogens is 2. The smallest absolute Gasteiger partial charge is 0.339 e. The highest BCUT2D eigenvalue weighted by molar-refractivity contribution is 5.95. The minimum atomic E-state index is -1.05. The molecule has 0 bridgehead atoms. The standard InChI is InChI=1S/C30H30F2N2O3/c1-3-28(35)34-12-10-19-6-4-5-7-22(19)20-8-9-21(18(2)14-20)25-17-33-13-11-30(25)24-16-27(32)26(31)15-23(24)29(36)37-30/h4-9,14-16,25,33H,3,10-13,17H2,1-2H3,(H,34,35)/t25-,30?/m1/s1. The van der Waals surface area contributed by atoms with Gasteiger partial charge in [0.05, 0.1) is 5.56 Å². The van der Waals surface area contributed by atoms with E-state index in [4.69, 9.17) is 4.74 Å². The van der Waals surface area contributed by atoms with Crippen molar-refractivity contribution in [3.8, 4) is 11.1 Å². The zero-order valence-corrected chi connectivity index (χ0v) is 21.0. The third-order valence-corrected chi connectivity index (χ3v) is 7.61. The van der Waals surface area contributed by atoms with Crippen LogP contribution in [0, 0.1) is 18.6 Å². The molecule has 3 aromatic carbocycles. The number of piperidine rings is 1. The van der Waals surface area contributed by atoms with Crippen LogP contribution in [0.4, 0.5) is 8.78 Å². The lowest BCUT2D eigenvalue weighted by Crippen LogP contribution is -2.47. The molecule has 5 nitrogen and oxygen atoms in total. The number of benzene rings is 3. The number of carbonyl (C=O) groups is 2. The van der Waals surface area contributed by atoms with E-state index < -0.39 is 23.2 Å². The first-order valence-corrected chi connectivity index (χ1v) is 12.7. The van der Waals surface area contributed by atoms with Crippen molar-refractivity contribution in [1.82, 2.24) is 10.6 Å². The monoisotopic (exact) mass is 504 g/mol. The molecule has 0 radical (unpaired) electrons. The van der Waals surface area contributed by atoms with Crippen LogP contribution >= 0.6 is 0 Å². The number of hydrogen-bond acceptors (Lipinski definition) is 4. The maximum Gasteiger partial charge on any atom is 0.339 e. The van der Waals surface area contributed by atoms with Gasteiger partial charge in [0.25, 0.3) is 0 Å². The van der Waals surface area contributed by atoms with Crippen molar-refractivity contribution in [3.63, 3.8) is 0 Å². The molecule has 192 valence electrons. The lowest BCUT2D eigenvalue weighted by Gasteiger charge is -2.41. The number of fused-ring (bicyclic) bond motifs is 2. The first-order chi connectivity index (χ1) is 17.8. The Kier molecular flexibility index (Phi) is 6.82. The molecule has 2 aliphatic rings. The number of nitrogens with one attached hydrogen (secondary N) is 2. The van der Waals surface area contributed by atoms with Crippen LogP contribution in [-0.2, 0) is 21.6 Å². The van der Waals surface area contributed by atoms with Gasteiger partial charge in [-0.3, -0.25) is 4.79 Å². The molecule has 37 heavy (non-hydrogen) atoms. The quantitative estimate of drug-likeness (QED) is 0.456. The van der Waals surface area contributed by atoms with Gasteiger partial charge in [-0.15, -0.1) is 0 Å². The van der Waals surface area contributed by atoms with Crippen molar-refractivity contribution in [2.24, 2.45) is 0 Å². The largest absolute Gasteiger partial charge is 0.450 e. The first kappa shape index (κ1) is 25.1. The summed E-state index contributed by atoms with van der Waals surface area (Å²) in [7, 11) is 0. The van der Waals surface area contributed by atoms with E-state index in [1.807, 2.05) is 32.0 Å². The van der Waals surface area contributed by atoms with Crippen LogP contribution in [0.5, 0.6) is 0 Å². The van der Waals surface area contributed by atoms with Crippen LogP contribution in [0.25, 0.3) is 11.1 Å². The molecule has 2 atom stereocenters. The molecule has 1 amide bonds. The van der Waals surface area contributed by atoms with Gasteiger partial charge in [-0.2, -0.15) is 0 Å². The number of esters is 1. The second-order valence-electron chi connectivity index (χ2n) is 9.78. The lowest BCUT2D eigenvalue weighted by atomic mass is 9.72. The normalized spacial score (nSPS) is 20.5. The van der Waals surface area contributed by atoms with E-state index in [1.165, 1.54) is 0 Å². The van der Waals surface area contributed by atoms with Gasteiger partial charge in [0.15, 0.2) is 11.6 Å². The van der Waals surface area contributed by atoms with E-state index in [-0.39, 0.29) is 17.4 Å². The van der Waals surface area contributed by atoms with E-state index in [0.29, 0.717) is 44.5 Å². The Balaban J connectivity index is 1.49. The molecule has 3 aromatic rings. The number of aryl methyl sites for hydroxylation is 1. The van der Waals surface area contributed by atoms with Crippen LogP contribution in [0.15, 0.2) is 54.6 Å². The molecule has 0 saturated carbocycles. The van der Waals surface area contributed by atoms with Gasteiger partial charge in [-0.25, -0.2) is 13.6 Å². The Bertz CT molecular complexity index is 1370. The molecular formula is C30H30F2N2O3. The van der Waals surface area contributed by atoms with Gasteiger partial charge < -0.3 is 15.4 Å². The van der Waals surface area contributed by atoms with Crippen LogP contribution in [0.1, 0.15) is 58.3 Å². The summed E-state index contributed by atoms with van der Waals surface area (Å²) in [6, 6.07) is 16.4. The van der Waals surface area contributed by atoms with E-state index in [9.17, 15) is 18.4 Å². The summed E-state index contributed by atoms with van der Waals surface area (Å²) in [4.78, 5) is 24.4. The molecule has 0 aromatic heterocycles. The molecule has 0 aliphatic carbocycles. The summed E-state index contributed by atoms with van der Waals surface area (Å²) in [5.74, 6) is -2.87. The summed E-state index contributed by atoms with van der Waals surface area (Å²) >= 11 is 0. The summed E-state index contributed by atoms with van der Waals surface area (Å²) in [6.07, 6.45) is 1.64. The molecule has 7 heteroatoms. The predicted molar refractivity (Wildman–Crippen MR) is 137 cm³/mol. The molecule has 1 fully saturated rings. The molecule has 1 saturated heterocycles. The Morgan fingerprint density at radius 2 is 1.89 bits per heavy atom. The average Bonchev–Trinajstić information content (AvgIpc) is 3.15. The van der Waals surface area contributed by atoms with E-state index in [2.05, 4.69) is 34.9 Å². The van der Waals surface area contributed by atoms with E-state index >= 15 is 0 Å². The Morgan fingerprint density at radius 1 is 1.11 bits per heavy atom. The van der Waals surface area contributed by atoms with Crippen LogP contribution in [-0.4, -0.2) is 31.5 Å². The Morgan fingerprint density at radius 3 is 2.68 bits per heavy atom. The predicted octanol–water partition coefficient (Wildman–Crippen LogP) is 5.15. The van der Waals surface area contributed by atoms with Crippen LogP contribution in [0.2, 0.25) is 0 Å². The fraction of sp³-hybridized carbons (Fsp3) is 0.333. The second kappa shape index (κ2) is 10.1. The van der Waals surface area contributed by atoms with Crippen molar-refractivity contribution in [2.75, 3.05) is 19.6 Å². The topological polar surface area (TPSA) is 67.4 Å². The summed E-state index contributed by atoms with van der Waals surface area (Å²) in [5, 5.41) is 6.31. The van der Waals surface area contributed by atoms with Gasteiger partial charge in [-0.05, 0) is 59.8 Å². The highest BCUT2D eigenvalue weighted by Crippen LogP contribution is 2.51. The number of carbonyl (C=O) groups excluding carboxylic acids is 2. The van der Waals surface area contributed by atoms with Gasteiger partial charge in [0, 0.05) is 37.4 Å². The van der Waals surface area contributed by atoms with E-state index in [0.717, 1.165) is 39.9 Å². The highest BCUT2D eigenvalue weighted by atomic mass is 19.2. The molecule has 5 rings (SSSR count). The van der Waals surface area contributed by atoms with Crippen molar-refractivity contribution in [2.45, 2.75) is 44.6 Å². The zero-order chi connectivity index (χ0) is 26.2. The van der Waals surface area contributed by atoms with Crippen molar-refractivity contribution < 1.29 is 23.1 Å². The number of ether oxygens (including phenoxy) is 1. The SMILES string of the molecule is CCC(=O)NCCc1ccccc1-c1ccc([C@H]2CNCCC23OC(=O)c2cc(F)c(F)cc23)c(C)c1. The Labute approximate surface area is 215 Å². The summed E-state index contributed by atoms with van der Waals surface area (Å²) in [6.45, 7) is 5.56. The van der Waals surface area contributed by atoms with E-state index in [1.54, 1.807) is 0 Å². The average molecular weight is 505 g/mol. The summed E-state index contributed by atoms with van der Waals surface area (Å²) < 4.78 is 34.2. The third-order valence-electron chi connectivity index (χ3n) is 7.61. The Hall–Kier alpha value is -3.58. The first-order valence-electron chi connectivity index (χ1n) is 12.7. The van der Waals surface area contributed by atoms with Crippen molar-refractivity contribution >= 4 is 11.9 Å². The maximum atomic E-state index is 14.3.